The van der Waals surface area contributed by atoms with Crippen molar-refractivity contribution in [3.8, 4) is 5.75 Å². The minimum Gasteiger partial charge on any atom is -1.00 e. The summed E-state index contributed by atoms with van der Waals surface area (Å²) in [6, 6.07) is 6.28. The number of aromatic hydroxyl groups is 1. The standard InChI is InChI=1S/C14H12N2O3.ClH/c1-15-4-5-16(9-15)8-10-6-14(18)19-13-7-11(17)2-3-12(10)13;/h2-7,9H,8H2,1H3;1H. The predicted octanol–water partition coefficient (Wildman–Crippen LogP) is -1.82. The van der Waals surface area contributed by atoms with E-state index in [9.17, 15) is 9.90 Å². The molecule has 0 aliphatic carbocycles. The van der Waals surface area contributed by atoms with E-state index in [-0.39, 0.29) is 18.2 Å². The Morgan fingerprint density at radius 2 is 2.15 bits per heavy atom. The van der Waals surface area contributed by atoms with Crippen LogP contribution in [0.4, 0.5) is 0 Å². The van der Waals surface area contributed by atoms with E-state index < -0.39 is 5.63 Å². The average molecular weight is 293 g/mol. The minimum atomic E-state index is -0.412. The largest absolute Gasteiger partial charge is 1.00 e. The lowest BCUT2D eigenvalue weighted by atomic mass is 10.1. The SMILES string of the molecule is C[n+]1ccn(Cc2cc(=O)oc3cc(O)ccc23)c1.[Cl-]. The zero-order valence-electron chi connectivity index (χ0n) is 10.8. The first kappa shape index (κ1) is 14.1. The van der Waals surface area contributed by atoms with E-state index in [2.05, 4.69) is 0 Å². The van der Waals surface area contributed by atoms with E-state index in [1.807, 2.05) is 34.9 Å². The van der Waals surface area contributed by atoms with Crippen molar-refractivity contribution in [1.82, 2.24) is 4.57 Å². The molecule has 0 aliphatic rings. The maximum absolute atomic E-state index is 11.5. The van der Waals surface area contributed by atoms with Crippen molar-refractivity contribution in [2.24, 2.45) is 7.05 Å². The summed E-state index contributed by atoms with van der Waals surface area (Å²) in [4.78, 5) is 11.5. The summed E-state index contributed by atoms with van der Waals surface area (Å²) < 4.78 is 9.00. The van der Waals surface area contributed by atoms with Gasteiger partial charge < -0.3 is 21.9 Å². The van der Waals surface area contributed by atoms with Gasteiger partial charge in [-0.1, -0.05) is 0 Å². The van der Waals surface area contributed by atoms with Crippen LogP contribution >= 0.6 is 0 Å². The topological polar surface area (TPSA) is 59.2 Å². The monoisotopic (exact) mass is 292 g/mol. The van der Waals surface area contributed by atoms with Gasteiger partial charge in [-0.3, -0.25) is 0 Å². The van der Waals surface area contributed by atoms with Crippen LogP contribution in [0.1, 0.15) is 5.56 Å². The van der Waals surface area contributed by atoms with Gasteiger partial charge in [0.15, 0.2) is 0 Å². The molecular weight excluding hydrogens is 280 g/mol. The van der Waals surface area contributed by atoms with Crippen molar-refractivity contribution in [1.29, 1.82) is 0 Å². The van der Waals surface area contributed by atoms with Crippen molar-refractivity contribution >= 4 is 11.0 Å². The number of hydrogen-bond acceptors (Lipinski definition) is 3. The predicted molar refractivity (Wildman–Crippen MR) is 68.9 cm³/mol. The Hall–Kier alpha value is -2.27. The number of fused-ring (bicyclic) bond motifs is 1. The van der Waals surface area contributed by atoms with Crippen molar-refractivity contribution < 1.29 is 26.5 Å². The van der Waals surface area contributed by atoms with Gasteiger partial charge in [-0.25, -0.2) is 13.9 Å². The van der Waals surface area contributed by atoms with Crippen LogP contribution in [0.2, 0.25) is 0 Å². The van der Waals surface area contributed by atoms with Gasteiger partial charge in [0.2, 0.25) is 6.33 Å². The molecule has 0 spiro atoms. The zero-order chi connectivity index (χ0) is 13.4. The van der Waals surface area contributed by atoms with Crippen LogP contribution in [0, 0.1) is 0 Å². The third-order valence-corrected chi connectivity index (χ3v) is 2.99. The zero-order valence-corrected chi connectivity index (χ0v) is 11.5. The summed E-state index contributed by atoms with van der Waals surface area (Å²) in [6.07, 6.45) is 5.79. The fourth-order valence-corrected chi connectivity index (χ4v) is 2.14. The molecule has 3 rings (SSSR count). The first-order valence-corrected chi connectivity index (χ1v) is 5.88. The van der Waals surface area contributed by atoms with E-state index in [0.29, 0.717) is 12.1 Å². The number of aryl methyl sites for hydroxylation is 1. The Labute approximate surface area is 121 Å². The third-order valence-electron chi connectivity index (χ3n) is 2.99. The van der Waals surface area contributed by atoms with Gasteiger partial charge in [0.1, 0.15) is 30.3 Å². The highest BCUT2D eigenvalue weighted by Gasteiger charge is 2.09. The molecule has 2 heterocycles. The quantitative estimate of drug-likeness (QED) is 0.447. The molecule has 0 saturated carbocycles. The smallest absolute Gasteiger partial charge is 0.336 e. The molecular formula is C14H13ClN2O3. The van der Waals surface area contributed by atoms with Crippen LogP contribution in [0.5, 0.6) is 5.75 Å². The number of halogens is 1. The van der Waals surface area contributed by atoms with E-state index in [1.54, 1.807) is 12.1 Å². The second-order valence-corrected chi connectivity index (χ2v) is 4.52. The first-order chi connectivity index (χ1) is 9.11. The molecule has 1 aromatic carbocycles. The molecule has 1 N–H and O–H groups in total. The van der Waals surface area contributed by atoms with Crippen LogP contribution in [0.25, 0.3) is 11.0 Å². The summed E-state index contributed by atoms with van der Waals surface area (Å²) in [5, 5.41) is 10.3. The maximum Gasteiger partial charge on any atom is 0.336 e. The number of aromatic nitrogens is 2. The second-order valence-electron chi connectivity index (χ2n) is 4.52. The van der Waals surface area contributed by atoms with Crippen LogP contribution in [-0.4, -0.2) is 9.67 Å². The van der Waals surface area contributed by atoms with E-state index in [4.69, 9.17) is 4.42 Å². The number of phenols is 1. The van der Waals surface area contributed by atoms with Gasteiger partial charge in [-0.2, -0.15) is 0 Å². The van der Waals surface area contributed by atoms with Gasteiger partial charge in [-0.15, -0.1) is 0 Å². The average Bonchev–Trinajstić information content (AvgIpc) is 2.74. The number of benzene rings is 1. The van der Waals surface area contributed by atoms with E-state index in [0.717, 1.165) is 10.9 Å². The highest BCUT2D eigenvalue weighted by molar-refractivity contribution is 5.81. The molecule has 5 nitrogen and oxygen atoms in total. The van der Waals surface area contributed by atoms with Gasteiger partial charge in [0.05, 0.1) is 7.05 Å². The summed E-state index contributed by atoms with van der Waals surface area (Å²) in [7, 11) is 1.94. The Morgan fingerprint density at radius 3 is 2.85 bits per heavy atom. The maximum atomic E-state index is 11.5. The lowest BCUT2D eigenvalue weighted by Crippen LogP contribution is -3.00. The molecule has 3 aromatic rings. The van der Waals surface area contributed by atoms with Gasteiger partial charge in [0, 0.05) is 23.1 Å². The lowest BCUT2D eigenvalue weighted by Gasteiger charge is -2.03. The number of nitrogens with zero attached hydrogens (tertiary/aromatic N) is 2. The fourth-order valence-electron chi connectivity index (χ4n) is 2.14. The van der Waals surface area contributed by atoms with Crippen LogP contribution in [0.3, 0.4) is 0 Å². The van der Waals surface area contributed by atoms with E-state index in [1.165, 1.54) is 12.1 Å². The first-order valence-electron chi connectivity index (χ1n) is 5.88. The molecule has 6 heteroatoms. The Morgan fingerprint density at radius 1 is 1.35 bits per heavy atom. The normalized spacial score (nSPS) is 10.4. The second kappa shape index (κ2) is 5.38. The summed E-state index contributed by atoms with van der Waals surface area (Å²) in [5.74, 6) is 0.0835. The molecule has 2 aromatic heterocycles. The Bertz CT molecular complexity index is 808. The Balaban J connectivity index is 0.00000147. The molecule has 0 amide bonds. The molecule has 0 aliphatic heterocycles. The lowest BCUT2D eigenvalue weighted by molar-refractivity contribution is -0.671. The van der Waals surface area contributed by atoms with Crippen molar-refractivity contribution in [2.75, 3.05) is 0 Å². The fraction of sp³-hybridized carbons (Fsp3) is 0.143. The summed E-state index contributed by atoms with van der Waals surface area (Å²) in [5.41, 5.74) is 0.853. The molecule has 20 heavy (non-hydrogen) atoms. The number of rotatable bonds is 2. The molecule has 0 fully saturated rings. The Kier molecular flexibility index (Phi) is 3.81. The molecule has 0 bridgehead atoms. The number of hydrogen-bond donors (Lipinski definition) is 1. The summed E-state index contributed by atoms with van der Waals surface area (Å²) in [6.45, 7) is 0.577. The number of phenolic OH excluding ortho intramolecular Hbond substituents is 1. The summed E-state index contributed by atoms with van der Waals surface area (Å²) >= 11 is 0. The number of imidazole rings is 1. The molecule has 0 unspecified atom stereocenters. The van der Waals surface area contributed by atoms with Gasteiger partial charge in [-0.05, 0) is 12.1 Å². The highest BCUT2D eigenvalue weighted by atomic mass is 35.5. The highest BCUT2D eigenvalue weighted by Crippen LogP contribution is 2.22. The molecule has 0 saturated heterocycles. The van der Waals surface area contributed by atoms with E-state index >= 15 is 0 Å². The van der Waals surface area contributed by atoms with Crippen LogP contribution in [0.15, 0.2) is 52.2 Å². The third kappa shape index (κ3) is 2.67. The van der Waals surface area contributed by atoms with Crippen LogP contribution < -0.4 is 22.6 Å². The minimum absolute atomic E-state index is 0. The van der Waals surface area contributed by atoms with Gasteiger partial charge in [0.25, 0.3) is 0 Å². The molecule has 0 radical (unpaired) electrons. The molecule has 104 valence electrons. The van der Waals surface area contributed by atoms with Crippen molar-refractivity contribution in [2.45, 2.75) is 6.54 Å². The molecule has 0 atom stereocenters. The van der Waals surface area contributed by atoms with Crippen molar-refractivity contribution in [3.05, 3.63) is 59.0 Å². The van der Waals surface area contributed by atoms with Gasteiger partial charge >= 0.3 is 5.63 Å². The van der Waals surface area contributed by atoms with Crippen molar-refractivity contribution in [3.63, 3.8) is 0 Å². The van der Waals surface area contributed by atoms with Crippen LogP contribution in [-0.2, 0) is 13.6 Å².